The second-order valence-electron chi connectivity index (χ2n) is 7.17. The molecule has 0 amide bonds. The Morgan fingerprint density at radius 2 is 1.84 bits per heavy atom. The Balaban J connectivity index is 2.37. The van der Waals surface area contributed by atoms with E-state index < -0.39 is 61.7 Å². The number of halogens is 4. The number of ketones is 1. The number of anilines is 2. The normalized spacial score (nSPS) is 11.2. The molecule has 0 saturated carbocycles. The van der Waals surface area contributed by atoms with Crippen molar-refractivity contribution in [3.63, 3.8) is 0 Å². The first-order valence-corrected chi connectivity index (χ1v) is 9.36. The second kappa shape index (κ2) is 8.38. The number of Topliss-reactive ketones (excluding diaryl/α,β-unsaturated/α-hetero) is 1. The summed E-state index contributed by atoms with van der Waals surface area (Å²) in [7, 11) is 0. The van der Waals surface area contributed by atoms with E-state index in [4.69, 9.17) is 11.6 Å². The minimum Gasteiger partial charge on any atom is -0.339 e. The number of nitrogens with zero attached hydrogens (tertiary/aromatic N) is 1. The Kier molecular flexibility index (Phi) is 6.03. The van der Waals surface area contributed by atoms with Gasteiger partial charge in [-0.15, -0.1) is 0 Å². The number of fused-ring (bicyclic) bond motifs is 1. The molecule has 1 aromatic heterocycles. The van der Waals surface area contributed by atoms with Crippen molar-refractivity contribution in [2.75, 3.05) is 5.32 Å². The largest absolute Gasteiger partial charge is 0.339 e. The van der Waals surface area contributed by atoms with Crippen LogP contribution in [-0.4, -0.2) is 15.7 Å². The van der Waals surface area contributed by atoms with E-state index in [-0.39, 0.29) is 22.9 Å². The Bertz CT molecular complexity index is 1270. The number of carbonyl (C=O) groups is 1. The number of nitrogens with one attached hydrogen (secondary N) is 2. The highest BCUT2D eigenvalue weighted by atomic mass is 35.5. The fourth-order valence-electron chi connectivity index (χ4n) is 3.12. The first kappa shape index (κ1) is 22.3. The molecular weight excluding hydrogens is 439 g/mol. The van der Waals surface area contributed by atoms with Gasteiger partial charge in [-0.25, -0.2) is 13.2 Å². The van der Waals surface area contributed by atoms with E-state index in [1.165, 1.54) is 0 Å². The molecule has 7 nitrogen and oxygen atoms in total. The van der Waals surface area contributed by atoms with Crippen LogP contribution in [0.3, 0.4) is 0 Å². The predicted octanol–water partition coefficient (Wildman–Crippen LogP) is 5.48. The third-order valence-electron chi connectivity index (χ3n) is 4.41. The third-order valence-corrected chi connectivity index (χ3v) is 4.73. The van der Waals surface area contributed by atoms with Crippen molar-refractivity contribution in [1.29, 1.82) is 0 Å². The van der Waals surface area contributed by atoms with Gasteiger partial charge in [0.05, 0.1) is 15.5 Å². The maximum absolute atomic E-state index is 14.2. The Hall–Kier alpha value is -3.40. The summed E-state index contributed by atoms with van der Waals surface area (Å²) < 4.78 is 41.6. The summed E-state index contributed by atoms with van der Waals surface area (Å²) in [4.78, 5) is 39.2. The van der Waals surface area contributed by atoms with Crippen LogP contribution in [0.4, 0.5) is 30.4 Å². The predicted molar refractivity (Wildman–Crippen MR) is 110 cm³/mol. The van der Waals surface area contributed by atoms with Crippen molar-refractivity contribution in [1.82, 2.24) is 4.98 Å². The lowest BCUT2D eigenvalue weighted by Gasteiger charge is -2.15. The fraction of sp³-hybridized carbons (Fsp3) is 0.200. The number of rotatable bonds is 6. The van der Waals surface area contributed by atoms with Crippen molar-refractivity contribution in [2.45, 2.75) is 20.3 Å². The zero-order valence-corrected chi connectivity index (χ0v) is 16.9. The monoisotopic (exact) mass is 453 g/mol. The number of nitro benzene ring substituents is 1. The lowest BCUT2D eigenvalue weighted by molar-refractivity contribution is -0.383. The first-order valence-electron chi connectivity index (χ1n) is 8.98. The highest BCUT2D eigenvalue weighted by molar-refractivity contribution is 6.35. The molecule has 0 atom stereocenters. The summed E-state index contributed by atoms with van der Waals surface area (Å²) in [5, 5.41) is 13.1. The topological polar surface area (TPSA) is 105 Å². The van der Waals surface area contributed by atoms with Gasteiger partial charge < -0.3 is 10.3 Å². The minimum atomic E-state index is -1.31. The standard InChI is InChI=1S/C20H15ClF3N3O4/c1-8(2)5-14(28)16-19(29)15-13(27(30)31)4-3-10(21)17(15)25-20(16)26-18-11(23)6-9(22)7-12(18)24/h3-4,6-8H,5H2,1-2H3,(H2,25,26,29). The van der Waals surface area contributed by atoms with Gasteiger partial charge in [-0.1, -0.05) is 25.4 Å². The molecule has 2 aromatic carbocycles. The molecule has 3 rings (SSSR count). The SMILES string of the molecule is CC(C)CC(=O)c1c(Nc2c(F)cc(F)cc2F)[nH]c2c(Cl)ccc([N+](=O)[O-])c2c1=O. The van der Waals surface area contributed by atoms with Crippen LogP contribution in [0.2, 0.25) is 5.02 Å². The average molecular weight is 454 g/mol. The third kappa shape index (κ3) is 4.24. The number of hydrogen-bond donors (Lipinski definition) is 2. The zero-order chi connectivity index (χ0) is 23.0. The molecule has 3 aromatic rings. The summed E-state index contributed by atoms with van der Waals surface area (Å²) in [5.41, 5.74) is -3.21. The van der Waals surface area contributed by atoms with Gasteiger partial charge >= 0.3 is 0 Å². The van der Waals surface area contributed by atoms with Gasteiger partial charge in [-0.05, 0) is 12.0 Å². The molecule has 2 N–H and O–H groups in total. The number of aromatic nitrogens is 1. The molecule has 0 aliphatic carbocycles. The highest BCUT2D eigenvalue weighted by Gasteiger charge is 2.27. The van der Waals surface area contributed by atoms with Crippen LogP contribution in [0.15, 0.2) is 29.1 Å². The zero-order valence-electron chi connectivity index (χ0n) is 16.2. The molecule has 0 aliphatic rings. The van der Waals surface area contributed by atoms with Crippen LogP contribution in [0.5, 0.6) is 0 Å². The van der Waals surface area contributed by atoms with Gasteiger partial charge in [0, 0.05) is 24.6 Å². The number of carbonyl (C=O) groups excluding carboxylic acids is 1. The van der Waals surface area contributed by atoms with Gasteiger partial charge in [0.25, 0.3) is 5.69 Å². The summed E-state index contributed by atoms with van der Waals surface area (Å²) in [6, 6.07) is 3.01. The Labute approximate surface area is 178 Å². The maximum Gasteiger partial charge on any atom is 0.282 e. The van der Waals surface area contributed by atoms with Crippen molar-refractivity contribution >= 4 is 45.5 Å². The summed E-state index contributed by atoms with van der Waals surface area (Å²) in [5.74, 6) is -5.11. The number of non-ortho nitro benzene ring substituents is 1. The maximum atomic E-state index is 14.2. The van der Waals surface area contributed by atoms with Crippen molar-refractivity contribution in [3.05, 3.63) is 72.6 Å². The molecule has 0 spiro atoms. The summed E-state index contributed by atoms with van der Waals surface area (Å²) in [6.45, 7) is 3.41. The molecule has 31 heavy (non-hydrogen) atoms. The van der Waals surface area contributed by atoms with E-state index in [0.717, 1.165) is 12.1 Å². The molecule has 0 saturated heterocycles. The van der Waals surface area contributed by atoms with Crippen LogP contribution < -0.4 is 10.7 Å². The van der Waals surface area contributed by atoms with Crippen LogP contribution in [-0.2, 0) is 0 Å². The molecule has 0 fully saturated rings. The number of H-pyrrole nitrogens is 1. The van der Waals surface area contributed by atoms with Crippen molar-refractivity contribution in [2.24, 2.45) is 5.92 Å². The number of aromatic amines is 1. The smallest absolute Gasteiger partial charge is 0.282 e. The van der Waals surface area contributed by atoms with Crippen LogP contribution >= 0.6 is 11.6 Å². The second-order valence-corrected chi connectivity index (χ2v) is 7.58. The van der Waals surface area contributed by atoms with Gasteiger partial charge in [-0.2, -0.15) is 0 Å². The molecule has 162 valence electrons. The minimum absolute atomic E-state index is 0.0938. The fourth-order valence-corrected chi connectivity index (χ4v) is 3.32. The molecule has 0 radical (unpaired) electrons. The van der Waals surface area contributed by atoms with E-state index >= 15 is 0 Å². The molecule has 0 unspecified atom stereocenters. The molecule has 0 aliphatic heterocycles. The number of benzene rings is 2. The Morgan fingerprint density at radius 3 is 2.39 bits per heavy atom. The van der Waals surface area contributed by atoms with E-state index in [9.17, 15) is 32.9 Å². The van der Waals surface area contributed by atoms with Crippen molar-refractivity contribution < 1.29 is 22.9 Å². The van der Waals surface area contributed by atoms with Crippen molar-refractivity contribution in [3.8, 4) is 0 Å². The van der Waals surface area contributed by atoms with Gasteiger partial charge in [-0.3, -0.25) is 19.7 Å². The summed E-state index contributed by atoms with van der Waals surface area (Å²) in [6.07, 6.45) is -0.119. The molecule has 11 heteroatoms. The van der Waals surface area contributed by atoms with Crippen LogP contribution in [0.1, 0.15) is 30.6 Å². The van der Waals surface area contributed by atoms with Gasteiger partial charge in [0.2, 0.25) is 5.43 Å². The average Bonchev–Trinajstić information content (AvgIpc) is 2.64. The van der Waals surface area contributed by atoms with E-state index in [1.807, 2.05) is 0 Å². The van der Waals surface area contributed by atoms with Crippen LogP contribution in [0, 0.1) is 33.5 Å². The van der Waals surface area contributed by atoms with E-state index in [2.05, 4.69) is 10.3 Å². The molecular formula is C20H15ClF3N3O4. The lowest BCUT2D eigenvalue weighted by Crippen LogP contribution is -2.21. The van der Waals surface area contributed by atoms with E-state index in [1.54, 1.807) is 13.8 Å². The Morgan fingerprint density at radius 1 is 1.23 bits per heavy atom. The molecule has 1 heterocycles. The number of pyridine rings is 1. The number of nitro groups is 1. The van der Waals surface area contributed by atoms with Crippen LogP contribution in [0.25, 0.3) is 10.9 Å². The molecule has 0 bridgehead atoms. The highest BCUT2D eigenvalue weighted by Crippen LogP contribution is 2.32. The summed E-state index contributed by atoms with van der Waals surface area (Å²) >= 11 is 6.08. The van der Waals surface area contributed by atoms with Gasteiger partial charge in [0.15, 0.2) is 17.4 Å². The van der Waals surface area contributed by atoms with E-state index in [0.29, 0.717) is 12.1 Å². The van der Waals surface area contributed by atoms with Gasteiger partial charge in [0.1, 0.15) is 28.3 Å². The quantitative estimate of drug-likeness (QED) is 0.292. The first-order chi connectivity index (χ1) is 14.5. The number of hydrogen-bond acceptors (Lipinski definition) is 5. The lowest BCUT2D eigenvalue weighted by atomic mass is 9.99.